The van der Waals surface area contributed by atoms with E-state index in [4.69, 9.17) is 0 Å². The van der Waals surface area contributed by atoms with Crippen molar-refractivity contribution in [1.29, 1.82) is 0 Å². The number of nitrogens with one attached hydrogen (secondary N) is 1. The van der Waals surface area contributed by atoms with Gasteiger partial charge in [0.05, 0.1) is 0 Å². The van der Waals surface area contributed by atoms with Gasteiger partial charge in [0.2, 0.25) is 5.91 Å². The second-order valence-electron chi connectivity index (χ2n) is 5.24. The maximum Gasteiger partial charge on any atom is 0.225 e. The first-order chi connectivity index (χ1) is 11.7. The molecule has 4 nitrogen and oxygen atoms in total. The molecule has 0 saturated heterocycles. The van der Waals surface area contributed by atoms with E-state index in [9.17, 15) is 9.59 Å². The van der Waals surface area contributed by atoms with Crippen LogP contribution < -0.4 is 5.32 Å². The van der Waals surface area contributed by atoms with Gasteiger partial charge in [-0.1, -0.05) is 54.2 Å². The molecule has 1 aromatic heterocycles. The third-order valence-corrected chi connectivity index (χ3v) is 5.59. The minimum Gasteiger partial charge on any atom is -0.309 e. The Morgan fingerprint density at radius 2 is 2.04 bits per heavy atom. The summed E-state index contributed by atoms with van der Waals surface area (Å²) in [5.41, 5.74) is 1.11. The number of carbonyl (C=O) groups excluding carboxylic acids is 2. The van der Waals surface area contributed by atoms with Crippen LogP contribution in [0.15, 0.2) is 46.8 Å². The molecule has 1 heterocycles. The molecule has 1 N–H and O–H groups in total. The van der Waals surface area contributed by atoms with E-state index in [1.165, 1.54) is 33.9 Å². The predicted octanol–water partition coefficient (Wildman–Crippen LogP) is 4.40. The molecule has 3 aromatic rings. The minimum atomic E-state index is -0.135. The van der Waals surface area contributed by atoms with Crippen LogP contribution in [0.5, 0.6) is 0 Å². The highest BCUT2D eigenvalue weighted by Gasteiger charge is 2.13. The second-order valence-corrected chi connectivity index (χ2v) is 7.33. The lowest BCUT2D eigenvalue weighted by molar-refractivity contribution is -0.116. The van der Waals surface area contributed by atoms with E-state index in [1.807, 2.05) is 24.5 Å². The molecule has 24 heavy (non-hydrogen) atoms. The van der Waals surface area contributed by atoms with E-state index in [0.29, 0.717) is 23.5 Å². The summed E-state index contributed by atoms with van der Waals surface area (Å²) in [4.78, 5) is 27.9. The predicted molar refractivity (Wildman–Crippen MR) is 100 cm³/mol. The van der Waals surface area contributed by atoms with E-state index in [2.05, 4.69) is 34.6 Å². The molecule has 0 aliphatic carbocycles. The Kier molecular flexibility index (Phi) is 5.27. The highest BCUT2D eigenvalue weighted by atomic mass is 32.2. The van der Waals surface area contributed by atoms with Gasteiger partial charge in [0.25, 0.3) is 0 Å². The number of hydrogen-bond donors (Lipinski definition) is 1. The zero-order valence-corrected chi connectivity index (χ0v) is 14.7. The fourth-order valence-electron chi connectivity index (χ4n) is 2.42. The molecule has 1 amide bonds. The Hall–Kier alpha value is -2.18. The van der Waals surface area contributed by atoms with Gasteiger partial charge < -0.3 is 5.32 Å². The molecule has 0 atom stereocenters. The van der Waals surface area contributed by atoms with Gasteiger partial charge in [0.1, 0.15) is 4.88 Å². The van der Waals surface area contributed by atoms with Crippen LogP contribution in [-0.2, 0) is 11.2 Å². The van der Waals surface area contributed by atoms with Crippen molar-refractivity contribution in [2.45, 2.75) is 17.2 Å². The molecule has 0 fully saturated rings. The summed E-state index contributed by atoms with van der Waals surface area (Å²) in [5.74, 6) is 0.229. The largest absolute Gasteiger partial charge is 0.309 e. The van der Waals surface area contributed by atoms with Crippen LogP contribution in [0.4, 0.5) is 5.82 Å². The third kappa shape index (κ3) is 3.83. The summed E-state index contributed by atoms with van der Waals surface area (Å²) >= 11 is 2.74. The van der Waals surface area contributed by atoms with E-state index in [-0.39, 0.29) is 5.91 Å². The summed E-state index contributed by atoms with van der Waals surface area (Å²) in [6.07, 6.45) is 3.62. The van der Waals surface area contributed by atoms with Crippen LogP contribution in [0, 0.1) is 0 Å². The first-order valence-corrected chi connectivity index (χ1v) is 9.51. The number of benzene rings is 2. The summed E-state index contributed by atoms with van der Waals surface area (Å²) < 4.78 is 0.766. The summed E-state index contributed by atoms with van der Waals surface area (Å²) in [6, 6.07) is 14.4. The Morgan fingerprint density at radius 1 is 1.25 bits per heavy atom. The van der Waals surface area contributed by atoms with Gasteiger partial charge in [-0.3, -0.25) is 9.59 Å². The summed E-state index contributed by atoms with van der Waals surface area (Å²) in [7, 11) is 0. The van der Waals surface area contributed by atoms with Gasteiger partial charge in [-0.05, 0) is 29.0 Å². The van der Waals surface area contributed by atoms with Gasteiger partial charge in [0, 0.05) is 6.42 Å². The maximum atomic E-state index is 12.1. The van der Waals surface area contributed by atoms with E-state index in [1.54, 1.807) is 0 Å². The third-order valence-electron chi connectivity index (χ3n) is 3.63. The fourth-order valence-corrected chi connectivity index (χ4v) is 3.77. The zero-order valence-electron chi connectivity index (χ0n) is 13.1. The lowest BCUT2D eigenvalue weighted by Crippen LogP contribution is -2.13. The highest BCUT2D eigenvalue weighted by molar-refractivity contribution is 8.00. The smallest absolute Gasteiger partial charge is 0.225 e. The lowest BCUT2D eigenvalue weighted by atomic mass is 10.0. The number of aromatic nitrogens is 1. The fraction of sp³-hybridized carbons (Fsp3) is 0.167. The molecule has 2 aromatic carbocycles. The van der Waals surface area contributed by atoms with E-state index >= 15 is 0 Å². The highest BCUT2D eigenvalue weighted by Crippen LogP contribution is 2.28. The number of amides is 1. The van der Waals surface area contributed by atoms with E-state index < -0.39 is 0 Å². The Bertz CT molecular complexity index is 890. The Labute approximate surface area is 148 Å². The van der Waals surface area contributed by atoms with Crippen molar-refractivity contribution in [2.24, 2.45) is 0 Å². The monoisotopic (exact) mass is 356 g/mol. The van der Waals surface area contributed by atoms with Gasteiger partial charge in [-0.15, -0.1) is 11.3 Å². The molecule has 122 valence electrons. The average Bonchev–Trinajstić information content (AvgIpc) is 3.01. The van der Waals surface area contributed by atoms with Crippen LogP contribution in [0.25, 0.3) is 10.8 Å². The molecule has 3 rings (SSSR count). The van der Waals surface area contributed by atoms with Crippen molar-refractivity contribution in [3.05, 3.63) is 52.9 Å². The molecule has 0 unspecified atom stereocenters. The lowest BCUT2D eigenvalue weighted by Gasteiger charge is -2.05. The molecule has 0 radical (unpaired) electrons. The minimum absolute atomic E-state index is 0.135. The number of rotatable bonds is 6. The van der Waals surface area contributed by atoms with Crippen LogP contribution in [0.2, 0.25) is 0 Å². The van der Waals surface area contributed by atoms with Gasteiger partial charge in [-0.2, -0.15) is 0 Å². The number of aldehydes is 1. The number of anilines is 1. The SMILES string of the molecule is CSc1nc(NC(=O)CCc2ccc3ccccc3c2)c(C=O)s1. The van der Waals surface area contributed by atoms with Gasteiger partial charge >= 0.3 is 0 Å². The molecule has 6 heteroatoms. The van der Waals surface area contributed by atoms with Crippen molar-refractivity contribution in [2.75, 3.05) is 11.6 Å². The van der Waals surface area contributed by atoms with Crippen LogP contribution in [0.1, 0.15) is 21.7 Å². The Balaban J connectivity index is 1.64. The molecular formula is C18H16N2O2S2. The number of nitrogens with zero attached hydrogens (tertiary/aromatic N) is 1. The number of fused-ring (bicyclic) bond motifs is 1. The van der Waals surface area contributed by atoms with Crippen LogP contribution in [0.3, 0.4) is 0 Å². The molecule has 0 saturated carbocycles. The van der Waals surface area contributed by atoms with E-state index in [0.717, 1.165) is 16.2 Å². The number of carbonyl (C=O) groups is 2. The zero-order chi connectivity index (χ0) is 16.9. The quantitative estimate of drug-likeness (QED) is 0.525. The van der Waals surface area contributed by atoms with Crippen LogP contribution >= 0.6 is 23.1 Å². The second kappa shape index (κ2) is 7.59. The first kappa shape index (κ1) is 16.7. The standard InChI is InChI=1S/C18H16N2O2S2/c1-23-18-20-17(15(11-21)24-18)19-16(22)9-7-12-6-8-13-4-2-3-5-14(13)10-12/h2-6,8,10-11H,7,9H2,1H3,(H,19,22). The van der Waals surface area contributed by atoms with Crippen molar-refractivity contribution in [3.8, 4) is 0 Å². The average molecular weight is 356 g/mol. The van der Waals surface area contributed by atoms with Crippen molar-refractivity contribution < 1.29 is 9.59 Å². The topological polar surface area (TPSA) is 59.1 Å². The van der Waals surface area contributed by atoms with Crippen molar-refractivity contribution in [3.63, 3.8) is 0 Å². The van der Waals surface area contributed by atoms with Gasteiger partial charge in [0.15, 0.2) is 16.4 Å². The molecule has 0 aliphatic heterocycles. The number of thiazole rings is 1. The number of thioether (sulfide) groups is 1. The molecular weight excluding hydrogens is 340 g/mol. The Morgan fingerprint density at radius 3 is 2.79 bits per heavy atom. The van der Waals surface area contributed by atoms with Crippen molar-refractivity contribution in [1.82, 2.24) is 4.98 Å². The summed E-state index contributed by atoms with van der Waals surface area (Å²) in [5, 5.41) is 5.10. The summed E-state index contributed by atoms with van der Waals surface area (Å²) in [6.45, 7) is 0. The number of aryl methyl sites for hydroxylation is 1. The van der Waals surface area contributed by atoms with Crippen molar-refractivity contribution >= 4 is 51.9 Å². The first-order valence-electron chi connectivity index (χ1n) is 7.47. The molecule has 0 bridgehead atoms. The molecule has 0 spiro atoms. The number of hydrogen-bond acceptors (Lipinski definition) is 5. The van der Waals surface area contributed by atoms with Gasteiger partial charge in [-0.25, -0.2) is 4.98 Å². The normalized spacial score (nSPS) is 10.7. The molecule has 0 aliphatic rings. The van der Waals surface area contributed by atoms with Crippen LogP contribution in [-0.4, -0.2) is 23.4 Å². The maximum absolute atomic E-state index is 12.1.